The van der Waals surface area contributed by atoms with Gasteiger partial charge >= 0.3 is 51.4 Å². The van der Waals surface area contributed by atoms with Gasteiger partial charge in [-0.3, -0.25) is 0 Å². The molecular weight excluding hydrogens is 124 g/mol. The fraction of sp³-hybridized carbons (Fsp3) is 0. The monoisotopic (exact) mass is 124 g/mol. The zero-order valence-corrected chi connectivity index (χ0v) is 6.37. The van der Waals surface area contributed by atoms with Crippen LogP contribution in [0.5, 0.6) is 0 Å². The van der Waals surface area contributed by atoms with Crippen LogP contribution in [0, 0.1) is 11.8 Å². The summed E-state index contributed by atoms with van der Waals surface area (Å²) in [6, 6.07) is 0. The molecule has 0 aromatic carbocycles. The van der Waals surface area contributed by atoms with Gasteiger partial charge in [-0.05, 0) is 0 Å². The average Bonchev–Trinajstić information content (AvgIpc) is 1.00. The zero-order valence-electron chi connectivity index (χ0n) is 3.26. The Bertz CT molecular complexity index is 16.4. The Hall–Kier alpha value is 1.62. The van der Waals surface area contributed by atoms with Crippen LogP contribution in [-0.4, -0.2) is 0 Å². The summed E-state index contributed by atoms with van der Waals surface area (Å²) in [7, 11) is 0. The first-order valence-electron chi connectivity index (χ1n) is 0.224. The molecule has 0 aromatic rings. The van der Waals surface area contributed by atoms with Crippen molar-refractivity contribution >= 4 is 0 Å². The maximum atomic E-state index is 6.25. The molecule has 0 saturated heterocycles. The number of nitrogens with zero attached hydrogens (tertiary/aromatic N) is 1. The van der Waals surface area contributed by atoms with Gasteiger partial charge in [-0.25, -0.2) is 0 Å². The predicted octanol–water partition coefficient (Wildman–Crippen LogP) is -2.79. The largest absolute Gasteiger partial charge is 1.00 e. The predicted molar refractivity (Wildman–Crippen MR) is 6.08 cm³/mol. The van der Waals surface area contributed by atoms with E-state index in [0.29, 0.717) is 0 Å². The molecule has 3 heteroatoms. The average molecular weight is 125 g/mol. The summed E-state index contributed by atoms with van der Waals surface area (Å²) in [5.41, 5.74) is 0. The topological polar surface area (TPSA) is 23.8 Å². The first kappa shape index (κ1) is 17.5. The second-order valence-corrected chi connectivity index (χ2v) is 0. The maximum Gasteiger partial charge on any atom is 1.00 e. The van der Waals surface area contributed by atoms with Gasteiger partial charge in [0, 0.05) is 16.5 Å². The van der Waals surface area contributed by atoms with Gasteiger partial charge in [0.15, 0.2) is 0 Å². The maximum absolute atomic E-state index is 6.25. The summed E-state index contributed by atoms with van der Waals surface area (Å²) in [5.74, 6) is 0. The quantitative estimate of drug-likeness (QED) is 0.253. The van der Waals surface area contributed by atoms with E-state index in [0.717, 1.165) is 0 Å². The third kappa shape index (κ3) is 9.47. The minimum atomic E-state index is 0. The van der Waals surface area contributed by atoms with Gasteiger partial charge in [-0.2, -0.15) is 0 Å². The molecular formula is CHKNNi-. The van der Waals surface area contributed by atoms with E-state index < -0.39 is 0 Å². The van der Waals surface area contributed by atoms with Gasteiger partial charge < -0.3 is 13.3 Å². The molecule has 0 radical (unpaired) electrons. The molecule has 0 heterocycles. The zero-order chi connectivity index (χ0) is 2.00. The molecule has 0 rings (SSSR count). The van der Waals surface area contributed by atoms with Crippen molar-refractivity contribution in [1.29, 1.82) is 5.26 Å². The molecule has 0 aliphatic carbocycles. The Morgan fingerprint density at radius 2 is 1.50 bits per heavy atom. The Labute approximate surface area is 79.6 Å². The molecule has 0 aliphatic heterocycles. The molecule has 0 bridgehead atoms. The van der Waals surface area contributed by atoms with Crippen molar-refractivity contribution in [2.45, 2.75) is 0 Å². The van der Waals surface area contributed by atoms with E-state index in [1.165, 1.54) is 0 Å². The van der Waals surface area contributed by atoms with Crippen LogP contribution in [0.1, 0.15) is 1.43 Å². The van der Waals surface area contributed by atoms with Gasteiger partial charge in [0.2, 0.25) is 0 Å². The first-order chi connectivity index (χ1) is 1.00. The molecule has 1 nitrogen and oxygen atoms in total. The van der Waals surface area contributed by atoms with Crippen LogP contribution in [0.3, 0.4) is 0 Å². The number of rotatable bonds is 0. The second kappa shape index (κ2) is 23.1. The van der Waals surface area contributed by atoms with E-state index >= 15 is 0 Å². The molecule has 0 spiro atoms. The van der Waals surface area contributed by atoms with Gasteiger partial charge in [0.25, 0.3) is 0 Å². The molecule has 4 heavy (non-hydrogen) atoms. The van der Waals surface area contributed by atoms with E-state index in [-0.39, 0.29) is 69.3 Å². The molecule has 0 amide bonds. The molecule has 0 saturated carbocycles. The van der Waals surface area contributed by atoms with Crippen molar-refractivity contribution < 1.29 is 69.3 Å². The first-order valence-corrected chi connectivity index (χ1v) is 0.224. The Morgan fingerprint density at radius 1 is 1.50 bits per heavy atom. The third-order valence-corrected chi connectivity index (χ3v) is 0. The van der Waals surface area contributed by atoms with Crippen molar-refractivity contribution in [1.82, 2.24) is 0 Å². The van der Waals surface area contributed by atoms with Crippen molar-refractivity contribution in [2.24, 2.45) is 0 Å². The molecule has 0 N–H and O–H groups in total. The molecule has 0 aromatic heterocycles. The van der Waals surface area contributed by atoms with E-state index in [1.54, 1.807) is 0 Å². The Balaban J connectivity index is -0.00000000167. The van der Waals surface area contributed by atoms with E-state index in [1.807, 2.05) is 0 Å². The third-order valence-electron chi connectivity index (χ3n) is 0. The summed E-state index contributed by atoms with van der Waals surface area (Å²) in [6.07, 6.45) is 0. The van der Waals surface area contributed by atoms with Crippen molar-refractivity contribution in [3.05, 3.63) is 6.57 Å². The summed E-state index contributed by atoms with van der Waals surface area (Å²) >= 11 is 0. The summed E-state index contributed by atoms with van der Waals surface area (Å²) in [5, 5.41) is 6.25. The number of hydrogen-bond acceptors (Lipinski definition) is 1. The van der Waals surface area contributed by atoms with Gasteiger partial charge in [-0.15, -0.1) is 0 Å². The molecule has 0 aliphatic rings. The van der Waals surface area contributed by atoms with Gasteiger partial charge in [0.1, 0.15) is 0 Å². The fourth-order valence-corrected chi connectivity index (χ4v) is 0. The summed E-state index contributed by atoms with van der Waals surface area (Å²) < 4.78 is 0. The van der Waals surface area contributed by atoms with E-state index in [9.17, 15) is 0 Å². The molecule has 0 fully saturated rings. The molecule has 22 valence electrons. The van der Waals surface area contributed by atoms with Crippen LogP contribution in [0.4, 0.5) is 0 Å². The van der Waals surface area contributed by atoms with Crippen LogP contribution in [0.15, 0.2) is 0 Å². The van der Waals surface area contributed by atoms with Crippen LogP contribution in [0.2, 0.25) is 0 Å². The minimum Gasteiger partial charge on any atom is -1.00 e. The van der Waals surface area contributed by atoms with E-state index in [2.05, 4.69) is 0 Å². The summed E-state index contributed by atoms with van der Waals surface area (Å²) in [4.78, 5) is 0. The Kier molecular flexibility index (Phi) is 101. The van der Waals surface area contributed by atoms with Crippen LogP contribution in [0.25, 0.3) is 0 Å². The smallest absolute Gasteiger partial charge is 1.00 e. The molecule has 0 unspecified atom stereocenters. The van der Waals surface area contributed by atoms with Gasteiger partial charge in [0.05, 0.1) is 0 Å². The normalized spacial score (nSPS) is 0.500. The van der Waals surface area contributed by atoms with Crippen LogP contribution < -0.4 is 51.4 Å². The van der Waals surface area contributed by atoms with Crippen LogP contribution in [-0.2, 0) is 16.5 Å². The van der Waals surface area contributed by atoms with E-state index in [4.69, 9.17) is 11.8 Å². The van der Waals surface area contributed by atoms with Gasteiger partial charge in [-0.1, -0.05) is 0 Å². The van der Waals surface area contributed by atoms with Crippen molar-refractivity contribution in [3.8, 4) is 0 Å². The number of hydrogen-bond donors (Lipinski definition) is 0. The Morgan fingerprint density at radius 3 is 1.50 bits per heavy atom. The van der Waals surface area contributed by atoms with Crippen LogP contribution >= 0.6 is 0 Å². The summed E-state index contributed by atoms with van der Waals surface area (Å²) in [6.45, 7) is 4.75. The fourth-order valence-electron chi connectivity index (χ4n) is 0. The standard InChI is InChI=1S/CN.K.Ni.H/c1-2;;;/q-1;+1;;-1. The SMILES string of the molecule is [C-]#N.[H-].[K+].[Ni]. The molecule has 0 atom stereocenters. The minimum absolute atomic E-state index is 0. The van der Waals surface area contributed by atoms with Crippen molar-refractivity contribution in [3.63, 3.8) is 0 Å². The van der Waals surface area contributed by atoms with Crippen molar-refractivity contribution in [2.75, 3.05) is 0 Å². The second-order valence-electron chi connectivity index (χ2n) is 0.